The van der Waals surface area contributed by atoms with Gasteiger partial charge in [0, 0.05) is 20.1 Å². The third-order valence-electron chi connectivity index (χ3n) is 5.50. The van der Waals surface area contributed by atoms with E-state index in [9.17, 15) is 0 Å². The topological polar surface area (TPSA) is 45.7 Å². The molecule has 0 saturated heterocycles. The van der Waals surface area contributed by atoms with Gasteiger partial charge < -0.3 is 15.4 Å². The molecular weight excluding hydrogens is 413 g/mol. The van der Waals surface area contributed by atoms with Gasteiger partial charge in [-0.3, -0.25) is 4.99 Å². The minimum absolute atomic E-state index is 0. The van der Waals surface area contributed by atoms with Gasteiger partial charge in [-0.2, -0.15) is 0 Å². The molecule has 2 N–H and O–H groups in total. The number of guanidine groups is 1. The van der Waals surface area contributed by atoms with Crippen LogP contribution in [0.25, 0.3) is 0 Å². The highest BCUT2D eigenvalue weighted by Gasteiger charge is 2.48. The molecule has 2 aliphatic rings. The van der Waals surface area contributed by atoms with Crippen LogP contribution in [-0.2, 0) is 6.42 Å². The van der Waals surface area contributed by atoms with Crippen LogP contribution in [0.1, 0.15) is 37.7 Å². The third-order valence-corrected chi connectivity index (χ3v) is 5.50. The Hall–Kier alpha value is -0.980. The van der Waals surface area contributed by atoms with Gasteiger partial charge in [0.15, 0.2) is 5.96 Å². The third kappa shape index (κ3) is 4.55. The second-order valence-corrected chi connectivity index (χ2v) is 6.90. The number of hydrogen-bond acceptors (Lipinski definition) is 2. The van der Waals surface area contributed by atoms with Crippen molar-refractivity contribution in [3.63, 3.8) is 0 Å². The van der Waals surface area contributed by atoms with Crippen LogP contribution in [0.5, 0.6) is 5.75 Å². The van der Waals surface area contributed by atoms with E-state index >= 15 is 0 Å². The van der Waals surface area contributed by atoms with E-state index in [-0.39, 0.29) is 24.0 Å². The van der Waals surface area contributed by atoms with Crippen LogP contribution in [0.4, 0.5) is 0 Å². The van der Waals surface area contributed by atoms with Gasteiger partial charge in [-0.05, 0) is 55.1 Å². The smallest absolute Gasteiger partial charge is 0.191 e. The minimum atomic E-state index is 0. The van der Waals surface area contributed by atoms with E-state index in [1.54, 1.807) is 7.11 Å². The first-order valence-corrected chi connectivity index (χ1v) is 8.84. The minimum Gasteiger partial charge on any atom is -0.496 e. The SMILES string of the molecule is CN=C(NCCc1ccccc1OC)NCC1(C2CC2)CCC1.I. The van der Waals surface area contributed by atoms with Crippen molar-refractivity contribution in [2.45, 2.75) is 38.5 Å². The first kappa shape index (κ1) is 19.3. The molecule has 1 aromatic rings. The molecule has 3 rings (SSSR count). The normalized spacial score (nSPS) is 19.0. The highest BCUT2D eigenvalue weighted by Crippen LogP contribution is 2.56. The van der Waals surface area contributed by atoms with Crippen LogP contribution < -0.4 is 15.4 Å². The van der Waals surface area contributed by atoms with E-state index in [0.717, 1.165) is 37.1 Å². The second-order valence-electron chi connectivity index (χ2n) is 6.90. The van der Waals surface area contributed by atoms with Crippen molar-refractivity contribution in [1.82, 2.24) is 10.6 Å². The Kier molecular flexibility index (Phi) is 7.19. The van der Waals surface area contributed by atoms with Crippen molar-refractivity contribution in [2.24, 2.45) is 16.3 Å². The monoisotopic (exact) mass is 443 g/mol. The molecule has 2 fully saturated rings. The number of ether oxygens (including phenoxy) is 1. The van der Waals surface area contributed by atoms with E-state index < -0.39 is 0 Å². The summed E-state index contributed by atoms with van der Waals surface area (Å²) in [4.78, 5) is 4.37. The van der Waals surface area contributed by atoms with Gasteiger partial charge in [0.2, 0.25) is 0 Å². The van der Waals surface area contributed by atoms with Gasteiger partial charge in [0.1, 0.15) is 5.75 Å². The predicted molar refractivity (Wildman–Crippen MR) is 110 cm³/mol. The molecule has 0 unspecified atom stereocenters. The summed E-state index contributed by atoms with van der Waals surface area (Å²) in [5.41, 5.74) is 1.80. The summed E-state index contributed by atoms with van der Waals surface area (Å²) in [6, 6.07) is 8.19. The summed E-state index contributed by atoms with van der Waals surface area (Å²) in [5.74, 6) is 2.85. The summed E-state index contributed by atoms with van der Waals surface area (Å²) in [6.07, 6.45) is 7.98. The zero-order valence-corrected chi connectivity index (χ0v) is 17.1. The fourth-order valence-electron chi connectivity index (χ4n) is 3.76. The Morgan fingerprint density at radius 2 is 2.00 bits per heavy atom. The van der Waals surface area contributed by atoms with Crippen LogP contribution in [0.15, 0.2) is 29.3 Å². The number of benzene rings is 1. The van der Waals surface area contributed by atoms with Gasteiger partial charge in [-0.25, -0.2) is 0 Å². The molecule has 5 heteroatoms. The van der Waals surface area contributed by atoms with Crippen LogP contribution in [-0.4, -0.2) is 33.2 Å². The Morgan fingerprint density at radius 3 is 2.58 bits per heavy atom. The molecule has 4 nitrogen and oxygen atoms in total. The number of nitrogens with one attached hydrogen (secondary N) is 2. The number of para-hydroxylation sites is 1. The van der Waals surface area contributed by atoms with Gasteiger partial charge in [0.25, 0.3) is 0 Å². The summed E-state index contributed by atoms with van der Waals surface area (Å²) < 4.78 is 5.40. The van der Waals surface area contributed by atoms with Gasteiger partial charge in [0.05, 0.1) is 7.11 Å². The lowest BCUT2D eigenvalue weighted by molar-refractivity contribution is 0.106. The number of methoxy groups -OCH3 is 1. The number of halogens is 1. The maximum Gasteiger partial charge on any atom is 0.191 e. The van der Waals surface area contributed by atoms with Crippen molar-refractivity contribution in [2.75, 3.05) is 27.2 Å². The number of aliphatic imine (C=N–C) groups is 1. The van der Waals surface area contributed by atoms with Crippen molar-refractivity contribution in [3.05, 3.63) is 29.8 Å². The molecule has 0 spiro atoms. The predicted octanol–water partition coefficient (Wildman–Crippen LogP) is 3.60. The molecule has 0 aromatic heterocycles. The Morgan fingerprint density at radius 1 is 1.25 bits per heavy atom. The molecule has 0 bridgehead atoms. The van der Waals surface area contributed by atoms with E-state index in [1.165, 1.54) is 37.7 Å². The quantitative estimate of drug-likeness (QED) is 0.385. The fraction of sp³-hybridized carbons (Fsp3) is 0.632. The van der Waals surface area contributed by atoms with Crippen molar-refractivity contribution >= 4 is 29.9 Å². The van der Waals surface area contributed by atoms with Crippen LogP contribution in [0, 0.1) is 11.3 Å². The second kappa shape index (κ2) is 8.92. The molecule has 1 aromatic carbocycles. The van der Waals surface area contributed by atoms with Crippen LogP contribution >= 0.6 is 24.0 Å². The molecular formula is C19H30IN3O. The average Bonchev–Trinajstić information content (AvgIpc) is 3.37. The maximum absolute atomic E-state index is 5.40. The number of hydrogen-bond donors (Lipinski definition) is 2. The highest BCUT2D eigenvalue weighted by molar-refractivity contribution is 14.0. The van der Waals surface area contributed by atoms with Gasteiger partial charge >= 0.3 is 0 Å². The molecule has 134 valence electrons. The van der Waals surface area contributed by atoms with E-state index in [0.29, 0.717) is 5.41 Å². The highest BCUT2D eigenvalue weighted by atomic mass is 127. The van der Waals surface area contributed by atoms with Crippen LogP contribution in [0.2, 0.25) is 0 Å². The molecule has 2 aliphatic carbocycles. The molecule has 0 amide bonds. The van der Waals surface area contributed by atoms with Crippen molar-refractivity contribution in [1.29, 1.82) is 0 Å². The molecule has 24 heavy (non-hydrogen) atoms. The first-order chi connectivity index (χ1) is 11.3. The number of nitrogens with zero attached hydrogens (tertiary/aromatic N) is 1. The molecule has 0 aliphatic heterocycles. The van der Waals surface area contributed by atoms with E-state index in [4.69, 9.17) is 4.74 Å². The largest absolute Gasteiger partial charge is 0.496 e. The van der Waals surface area contributed by atoms with Crippen LogP contribution in [0.3, 0.4) is 0 Å². The van der Waals surface area contributed by atoms with Crippen molar-refractivity contribution < 1.29 is 4.74 Å². The zero-order chi connectivity index (χ0) is 16.1. The number of rotatable bonds is 7. The van der Waals surface area contributed by atoms with Gasteiger partial charge in [-0.15, -0.1) is 24.0 Å². The maximum atomic E-state index is 5.40. The summed E-state index contributed by atoms with van der Waals surface area (Å²) in [6.45, 7) is 1.93. The molecule has 0 radical (unpaired) electrons. The Balaban J connectivity index is 0.00000208. The Bertz CT molecular complexity index is 553. The van der Waals surface area contributed by atoms with Crippen molar-refractivity contribution in [3.8, 4) is 5.75 Å². The first-order valence-electron chi connectivity index (χ1n) is 8.84. The lowest BCUT2D eigenvalue weighted by Crippen LogP contribution is -2.47. The Labute approximate surface area is 162 Å². The molecule has 0 atom stereocenters. The fourth-order valence-corrected chi connectivity index (χ4v) is 3.76. The van der Waals surface area contributed by atoms with E-state index in [1.807, 2.05) is 19.2 Å². The van der Waals surface area contributed by atoms with E-state index in [2.05, 4.69) is 27.8 Å². The lowest BCUT2D eigenvalue weighted by Gasteiger charge is -2.43. The zero-order valence-electron chi connectivity index (χ0n) is 14.8. The lowest BCUT2D eigenvalue weighted by atomic mass is 9.65. The summed E-state index contributed by atoms with van der Waals surface area (Å²) in [5, 5.41) is 6.99. The molecule has 0 heterocycles. The standard InChI is InChI=1S/C19H29N3O.HI/c1-20-18(22-14-19(11-5-12-19)16-8-9-16)21-13-10-15-6-3-4-7-17(15)23-2;/h3-4,6-7,16H,5,8-14H2,1-2H3,(H2,20,21,22);1H. The van der Waals surface area contributed by atoms with Gasteiger partial charge in [-0.1, -0.05) is 24.6 Å². The average molecular weight is 443 g/mol. The summed E-state index contributed by atoms with van der Waals surface area (Å²) in [7, 11) is 3.58. The molecule has 2 saturated carbocycles. The summed E-state index contributed by atoms with van der Waals surface area (Å²) >= 11 is 0.